The third-order valence-corrected chi connectivity index (χ3v) is 3.03. The van der Waals surface area contributed by atoms with Crippen molar-refractivity contribution in [2.24, 2.45) is 5.73 Å². The van der Waals surface area contributed by atoms with Crippen molar-refractivity contribution < 1.29 is 0 Å². The number of pyridine rings is 1. The average molecular weight is 229 g/mol. The van der Waals surface area contributed by atoms with E-state index in [9.17, 15) is 0 Å². The number of rotatable bonds is 3. The molecule has 3 N–H and O–H groups in total. The molecule has 17 heavy (non-hydrogen) atoms. The highest BCUT2D eigenvalue weighted by atomic mass is 15.3. The monoisotopic (exact) mass is 229 g/mol. The summed E-state index contributed by atoms with van der Waals surface area (Å²) in [7, 11) is 0. The Bertz CT molecular complexity index is 470. The lowest BCUT2D eigenvalue weighted by Gasteiger charge is -2.33. The first kappa shape index (κ1) is 10.3. The van der Waals surface area contributed by atoms with Crippen molar-refractivity contribution in [2.45, 2.75) is 24.9 Å². The van der Waals surface area contributed by atoms with Crippen molar-refractivity contribution in [3.63, 3.8) is 0 Å². The molecule has 0 unspecified atom stereocenters. The molecule has 0 amide bonds. The second-order valence-electron chi connectivity index (χ2n) is 4.43. The minimum atomic E-state index is 0.365. The zero-order valence-electron chi connectivity index (χ0n) is 9.45. The van der Waals surface area contributed by atoms with Crippen LogP contribution in [0.2, 0.25) is 0 Å². The van der Waals surface area contributed by atoms with Gasteiger partial charge >= 0.3 is 0 Å². The number of aromatic nitrogens is 3. The summed E-state index contributed by atoms with van der Waals surface area (Å²) in [6.45, 7) is 0. The Morgan fingerprint density at radius 2 is 2.24 bits per heavy atom. The van der Waals surface area contributed by atoms with Crippen molar-refractivity contribution in [1.29, 1.82) is 0 Å². The van der Waals surface area contributed by atoms with Gasteiger partial charge in [0, 0.05) is 24.5 Å². The van der Waals surface area contributed by atoms with Gasteiger partial charge in [0.15, 0.2) is 5.82 Å². The van der Waals surface area contributed by atoms with Crippen LogP contribution >= 0.6 is 0 Å². The Labute approximate surface area is 99.7 Å². The Morgan fingerprint density at radius 3 is 2.82 bits per heavy atom. The van der Waals surface area contributed by atoms with Crippen molar-refractivity contribution in [2.75, 3.05) is 5.32 Å². The van der Waals surface area contributed by atoms with Crippen LogP contribution in [0.15, 0.2) is 36.8 Å². The highest BCUT2D eigenvalue weighted by Gasteiger charge is 2.25. The quantitative estimate of drug-likeness (QED) is 0.829. The summed E-state index contributed by atoms with van der Waals surface area (Å²) >= 11 is 0. The maximum absolute atomic E-state index is 5.74. The van der Waals surface area contributed by atoms with E-state index in [1.54, 1.807) is 10.9 Å². The number of nitrogens with two attached hydrogens (primary N) is 1. The zero-order valence-corrected chi connectivity index (χ0v) is 9.45. The molecule has 1 aliphatic carbocycles. The van der Waals surface area contributed by atoms with Gasteiger partial charge in [0.2, 0.25) is 0 Å². The summed E-state index contributed by atoms with van der Waals surface area (Å²) in [6, 6.07) is 6.72. The molecule has 0 atom stereocenters. The lowest BCUT2D eigenvalue weighted by atomic mass is 9.87. The van der Waals surface area contributed by atoms with Crippen LogP contribution in [-0.4, -0.2) is 26.8 Å². The molecular weight excluding hydrogens is 214 g/mol. The van der Waals surface area contributed by atoms with Gasteiger partial charge in [-0.25, -0.2) is 9.67 Å². The van der Waals surface area contributed by atoms with Crippen LogP contribution in [0.25, 0.3) is 5.82 Å². The standard InChI is InChI=1S/C12H15N5/c13-9-6-11(7-9)16-10-2-3-12(14-8-10)17-5-1-4-15-17/h1-5,8-9,11,16H,6-7,13H2. The fourth-order valence-corrected chi connectivity index (χ4v) is 2.03. The highest BCUT2D eigenvalue weighted by molar-refractivity contribution is 5.44. The van der Waals surface area contributed by atoms with Gasteiger partial charge in [-0.2, -0.15) is 5.10 Å². The first-order valence-electron chi connectivity index (χ1n) is 5.79. The minimum Gasteiger partial charge on any atom is -0.381 e. The SMILES string of the molecule is NC1CC(Nc2ccc(-n3cccn3)nc2)C1. The van der Waals surface area contributed by atoms with Gasteiger partial charge in [-0.1, -0.05) is 0 Å². The molecule has 1 fully saturated rings. The van der Waals surface area contributed by atoms with Crippen molar-refractivity contribution in [1.82, 2.24) is 14.8 Å². The van der Waals surface area contributed by atoms with E-state index in [1.807, 2.05) is 30.6 Å². The molecule has 3 rings (SSSR count). The second kappa shape index (κ2) is 4.18. The van der Waals surface area contributed by atoms with E-state index in [0.29, 0.717) is 12.1 Å². The smallest absolute Gasteiger partial charge is 0.153 e. The Morgan fingerprint density at radius 1 is 1.35 bits per heavy atom. The molecule has 0 bridgehead atoms. The molecule has 0 saturated heterocycles. The molecule has 0 aliphatic heterocycles. The Hall–Kier alpha value is -1.88. The fraction of sp³-hybridized carbons (Fsp3) is 0.333. The summed E-state index contributed by atoms with van der Waals surface area (Å²) in [5.41, 5.74) is 6.78. The number of hydrogen-bond donors (Lipinski definition) is 2. The molecular formula is C12H15N5. The second-order valence-corrected chi connectivity index (χ2v) is 4.43. The fourth-order valence-electron chi connectivity index (χ4n) is 2.03. The summed E-state index contributed by atoms with van der Waals surface area (Å²) in [4.78, 5) is 4.36. The molecule has 2 aromatic heterocycles. The maximum Gasteiger partial charge on any atom is 0.153 e. The van der Waals surface area contributed by atoms with Gasteiger partial charge in [-0.15, -0.1) is 0 Å². The zero-order chi connectivity index (χ0) is 11.7. The number of anilines is 1. The molecule has 0 aromatic carbocycles. The molecule has 1 saturated carbocycles. The lowest BCUT2D eigenvalue weighted by Crippen LogP contribution is -2.44. The van der Waals surface area contributed by atoms with Gasteiger partial charge in [0.25, 0.3) is 0 Å². The van der Waals surface area contributed by atoms with E-state index in [0.717, 1.165) is 24.3 Å². The maximum atomic E-state index is 5.74. The van der Waals surface area contributed by atoms with Crippen molar-refractivity contribution in [3.8, 4) is 5.82 Å². The third kappa shape index (κ3) is 2.14. The van der Waals surface area contributed by atoms with Crippen LogP contribution in [0, 0.1) is 0 Å². The highest BCUT2D eigenvalue weighted by Crippen LogP contribution is 2.22. The van der Waals surface area contributed by atoms with Crippen LogP contribution in [0.3, 0.4) is 0 Å². The van der Waals surface area contributed by atoms with Crippen LogP contribution < -0.4 is 11.1 Å². The van der Waals surface area contributed by atoms with E-state index in [2.05, 4.69) is 15.4 Å². The summed E-state index contributed by atoms with van der Waals surface area (Å²) in [5.74, 6) is 0.825. The number of hydrogen-bond acceptors (Lipinski definition) is 4. The van der Waals surface area contributed by atoms with Crippen LogP contribution in [0.1, 0.15) is 12.8 Å². The summed E-state index contributed by atoms with van der Waals surface area (Å²) in [6.07, 6.45) is 7.53. The summed E-state index contributed by atoms with van der Waals surface area (Å²) < 4.78 is 1.74. The molecule has 0 radical (unpaired) electrons. The molecule has 1 aliphatic rings. The molecule has 5 nitrogen and oxygen atoms in total. The molecule has 88 valence electrons. The normalized spacial score (nSPS) is 23.1. The largest absolute Gasteiger partial charge is 0.381 e. The lowest BCUT2D eigenvalue weighted by molar-refractivity contribution is 0.373. The Balaban J connectivity index is 1.68. The Kier molecular flexibility index (Phi) is 2.53. The van der Waals surface area contributed by atoms with Gasteiger partial charge in [0.1, 0.15) is 0 Å². The predicted molar refractivity (Wildman–Crippen MR) is 66.0 cm³/mol. The van der Waals surface area contributed by atoms with E-state index < -0.39 is 0 Å². The van der Waals surface area contributed by atoms with Crippen LogP contribution in [0.4, 0.5) is 5.69 Å². The van der Waals surface area contributed by atoms with Crippen molar-refractivity contribution in [3.05, 3.63) is 36.8 Å². The van der Waals surface area contributed by atoms with Crippen LogP contribution in [0.5, 0.6) is 0 Å². The van der Waals surface area contributed by atoms with E-state index in [1.165, 1.54) is 0 Å². The van der Waals surface area contributed by atoms with Crippen molar-refractivity contribution >= 4 is 5.69 Å². The summed E-state index contributed by atoms with van der Waals surface area (Å²) in [5, 5.41) is 7.54. The van der Waals surface area contributed by atoms with Gasteiger partial charge in [0.05, 0.1) is 11.9 Å². The van der Waals surface area contributed by atoms with Gasteiger partial charge in [-0.05, 0) is 31.0 Å². The molecule has 2 heterocycles. The topological polar surface area (TPSA) is 68.8 Å². The molecule has 5 heteroatoms. The van der Waals surface area contributed by atoms with E-state index in [4.69, 9.17) is 5.73 Å². The van der Waals surface area contributed by atoms with E-state index >= 15 is 0 Å². The van der Waals surface area contributed by atoms with Gasteiger partial charge < -0.3 is 11.1 Å². The van der Waals surface area contributed by atoms with E-state index in [-0.39, 0.29) is 0 Å². The average Bonchev–Trinajstić information content (AvgIpc) is 2.81. The molecule has 2 aromatic rings. The number of nitrogens with zero attached hydrogens (tertiary/aromatic N) is 3. The van der Waals surface area contributed by atoms with Gasteiger partial charge in [-0.3, -0.25) is 0 Å². The number of nitrogens with one attached hydrogen (secondary N) is 1. The minimum absolute atomic E-state index is 0.365. The third-order valence-electron chi connectivity index (χ3n) is 3.03. The first-order valence-corrected chi connectivity index (χ1v) is 5.79. The molecule has 0 spiro atoms. The predicted octanol–water partition coefficient (Wildman–Crippen LogP) is 1.17. The first-order chi connectivity index (χ1) is 8.31. The van der Waals surface area contributed by atoms with Crippen LogP contribution in [-0.2, 0) is 0 Å².